The first kappa shape index (κ1) is 12.2. The van der Waals surface area contributed by atoms with Gasteiger partial charge in [-0.2, -0.15) is 0 Å². The van der Waals surface area contributed by atoms with Crippen molar-refractivity contribution in [1.29, 1.82) is 0 Å². The van der Waals surface area contributed by atoms with Crippen LogP contribution in [0.1, 0.15) is 31.7 Å². The molecule has 1 aliphatic heterocycles. The van der Waals surface area contributed by atoms with Crippen LogP contribution < -0.4 is 0 Å². The van der Waals surface area contributed by atoms with E-state index in [-0.39, 0.29) is 0 Å². The summed E-state index contributed by atoms with van der Waals surface area (Å²) in [5.74, 6) is 0. The summed E-state index contributed by atoms with van der Waals surface area (Å²) in [6.07, 6.45) is 5.58. The van der Waals surface area contributed by atoms with E-state index in [9.17, 15) is 0 Å². The van der Waals surface area contributed by atoms with Crippen LogP contribution in [-0.2, 0) is 6.54 Å². The highest BCUT2D eigenvalue weighted by Crippen LogP contribution is 2.25. The van der Waals surface area contributed by atoms with Crippen LogP contribution in [0.15, 0.2) is 12.3 Å². The van der Waals surface area contributed by atoms with Crippen molar-refractivity contribution in [3.05, 3.63) is 28.0 Å². The summed E-state index contributed by atoms with van der Waals surface area (Å²) in [6.45, 7) is 4.30. The molecule has 2 heterocycles. The lowest BCUT2D eigenvalue weighted by atomic mass is 10.1. The minimum absolute atomic E-state index is 0.460. The second-order valence-corrected chi connectivity index (χ2v) is 5.07. The summed E-state index contributed by atoms with van der Waals surface area (Å²) in [5.41, 5.74) is 1.08. The minimum Gasteiger partial charge on any atom is -0.296 e. The molecule has 16 heavy (non-hydrogen) atoms. The molecule has 1 aliphatic rings. The highest BCUT2D eigenvalue weighted by Gasteiger charge is 2.23. The van der Waals surface area contributed by atoms with Gasteiger partial charge in [0.15, 0.2) is 0 Å². The molecule has 0 saturated carbocycles. The lowest BCUT2D eigenvalue weighted by Crippen LogP contribution is -2.28. The van der Waals surface area contributed by atoms with Gasteiger partial charge in [0, 0.05) is 29.4 Å². The number of rotatable bonds is 3. The zero-order valence-corrected chi connectivity index (χ0v) is 10.9. The van der Waals surface area contributed by atoms with Crippen molar-refractivity contribution in [2.75, 3.05) is 6.54 Å². The lowest BCUT2D eigenvalue weighted by Gasteiger charge is -2.23. The van der Waals surface area contributed by atoms with Crippen LogP contribution in [0.2, 0.25) is 10.2 Å². The minimum atomic E-state index is 0.460. The van der Waals surface area contributed by atoms with E-state index in [2.05, 4.69) is 16.8 Å². The van der Waals surface area contributed by atoms with E-state index >= 15 is 0 Å². The third-order valence-corrected chi connectivity index (χ3v) is 3.80. The quantitative estimate of drug-likeness (QED) is 0.768. The van der Waals surface area contributed by atoms with Crippen molar-refractivity contribution < 1.29 is 0 Å². The summed E-state index contributed by atoms with van der Waals surface area (Å²) in [7, 11) is 0. The fourth-order valence-electron chi connectivity index (χ4n) is 2.34. The molecule has 1 unspecified atom stereocenters. The van der Waals surface area contributed by atoms with E-state index < -0.39 is 0 Å². The van der Waals surface area contributed by atoms with Crippen molar-refractivity contribution >= 4 is 23.2 Å². The number of likely N-dealkylation sites (tertiary alicyclic amines) is 1. The average molecular weight is 259 g/mol. The Balaban J connectivity index is 2.08. The van der Waals surface area contributed by atoms with Crippen molar-refractivity contribution in [2.24, 2.45) is 0 Å². The monoisotopic (exact) mass is 258 g/mol. The molecule has 0 N–H and O–H groups in total. The maximum atomic E-state index is 6.15. The molecule has 1 atom stereocenters. The lowest BCUT2D eigenvalue weighted by molar-refractivity contribution is 0.240. The maximum Gasteiger partial charge on any atom is 0.130 e. The molecular weight excluding hydrogens is 243 g/mol. The van der Waals surface area contributed by atoms with Gasteiger partial charge in [0.2, 0.25) is 0 Å². The second-order valence-electron chi connectivity index (χ2n) is 4.27. The molecule has 88 valence electrons. The Morgan fingerprint density at radius 3 is 3.00 bits per heavy atom. The van der Waals surface area contributed by atoms with Gasteiger partial charge in [-0.15, -0.1) is 0 Å². The van der Waals surface area contributed by atoms with Gasteiger partial charge in [0.1, 0.15) is 5.15 Å². The summed E-state index contributed by atoms with van der Waals surface area (Å²) >= 11 is 11.9. The van der Waals surface area contributed by atoms with Crippen LogP contribution >= 0.6 is 23.2 Å². The summed E-state index contributed by atoms with van der Waals surface area (Å²) in [5, 5.41) is 1.18. The van der Waals surface area contributed by atoms with Crippen LogP contribution in [0.25, 0.3) is 0 Å². The van der Waals surface area contributed by atoms with Crippen LogP contribution in [0.4, 0.5) is 0 Å². The van der Waals surface area contributed by atoms with Crippen LogP contribution in [-0.4, -0.2) is 22.5 Å². The third kappa shape index (κ3) is 2.68. The van der Waals surface area contributed by atoms with Crippen LogP contribution in [0.3, 0.4) is 0 Å². The topological polar surface area (TPSA) is 16.1 Å². The Morgan fingerprint density at radius 1 is 1.50 bits per heavy atom. The Labute approximate surface area is 107 Å². The second kappa shape index (κ2) is 5.35. The third-order valence-electron chi connectivity index (χ3n) is 3.24. The van der Waals surface area contributed by atoms with Crippen molar-refractivity contribution in [1.82, 2.24) is 9.88 Å². The van der Waals surface area contributed by atoms with Crippen molar-refractivity contribution in [3.63, 3.8) is 0 Å². The molecule has 1 fully saturated rings. The van der Waals surface area contributed by atoms with Gasteiger partial charge in [0.05, 0.1) is 0 Å². The highest BCUT2D eigenvalue weighted by atomic mass is 35.5. The van der Waals surface area contributed by atoms with E-state index in [1.165, 1.54) is 19.3 Å². The van der Waals surface area contributed by atoms with Gasteiger partial charge >= 0.3 is 0 Å². The Morgan fingerprint density at radius 2 is 2.31 bits per heavy atom. The predicted octanol–water partition coefficient (Wildman–Crippen LogP) is 3.76. The Bertz CT molecular complexity index is 368. The van der Waals surface area contributed by atoms with Gasteiger partial charge in [-0.25, -0.2) is 4.98 Å². The molecule has 1 aromatic rings. The number of hydrogen-bond donors (Lipinski definition) is 0. The molecule has 0 bridgehead atoms. The molecule has 1 saturated heterocycles. The molecule has 2 rings (SSSR count). The average Bonchev–Trinajstić information content (AvgIpc) is 2.69. The van der Waals surface area contributed by atoms with E-state index in [0.29, 0.717) is 11.2 Å². The molecule has 1 aromatic heterocycles. The highest BCUT2D eigenvalue weighted by molar-refractivity contribution is 6.34. The van der Waals surface area contributed by atoms with E-state index in [0.717, 1.165) is 23.7 Å². The van der Waals surface area contributed by atoms with E-state index in [4.69, 9.17) is 23.2 Å². The number of pyridine rings is 1. The van der Waals surface area contributed by atoms with Gasteiger partial charge in [-0.1, -0.05) is 30.1 Å². The Kier molecular flexibility index (Phi) is 4.06. The molecule has 0 radical (unpaired) electrons. The summed E-state index contributed by atoms with van der Waals surface area (Å²) < 4.78 is 0. The largest absolute Gasteiger partial charge is 0.296 e. The molecule has 0 amide bonds. The SMILES string of the molecule is CCC1CCCN1Cc1cnc(Cl)cc1Cl. The zero-order chi connectivity index (χ0) is 11.5. The number of halogens is 2. The number of hydrogen-bond acceptors (Lipinski definition) is 2. The smallest absolute Gasteiger partial charge is 0.130 e. The number of aromatic nitrogens is 1. The fraction of sp³-hybridized carbons (Fsp3) is 0.583. The molecule has 2 nitrogen and oxygen atoms in total. The first-order valence-electron chi connectivity index (χ1n) is 5.74. The van der Waals surface area contributed by atoms with Gasteiger partial charge < -0.3 is 0 Å². The molecule has 0 aliphatic carbocycles. The maximum absolute atomic E-state index is 6.15. The fourth-order valence-corrected chi connectivity index (χ4v) is 2.76. The molecule has 0 aromatic carbocycles. The standard InChI is InChI=1S/C12H16Cl2N2/c1-2-10-4-3-5-16(10)8-9-7-15-12(14)6-11(9)13/h6-7,10H,2-5,8H2,1H3. The summed E-state index contributed by atoms with van der Waals surface area (Å²) in [4.78, 5) is 6.57. The van der Waals surface area contributed by atoms with Gasteiger partial charge in [-0.05, 0) is 31.9 Å². The van der Waals surface area contributed by atoms with Crippen molar-refractivity contribution in [2.45, 2.75) is 38.8 Å². The van der Waals surface area contributed by atoms with Crippen LogP contribution in [0.5, 0.6) is 0 Å². The van der Waals surface area contributed by atoms with Gasteiger partial charge in [0.25, 0.3) is 0 Å². The first-order valence-corrected chi connectivity index (χ1v) is 6.50. The summed E-state index contributed by atoms with van der Waals surface area (Å²) in [6, 6.07) is 2.42. The Hall–Kier alpha value is -0.310. The molecule has 4 heteroatoms. The van der Waals surface area contributed by atoms with E-state index in [1.54, 1.807) is 12.3 Å². The van der Waals surface area contributed by atoms with Crippen molar-refractivity contribution in [3.8, 4) is 0 Å². The normalized spacial score (nSPS) is 21.6. The first-order chi connectivity index (χ1) is 7.70. The predicted molar refractivity (Wildman–Crippen MR) is 68.0 cm³/mol. The van der Waals surface area contributed by atoms with E-state index in [1.807, 2.05) is 0 Å². The van der Waals surface area contributed by atoms with Gasteiger partial charge in [-0.3, -0.25) is 4.90 Å². The number of nitrogens with zero attached hydrogens (tertiary/aromatic N) is 2. The molecular formula is C12H16Cl2N2. The van der Waals surface area contributed by atoms with Crippen LogP contribution in [0, 0.1) is 0 Å². The molecule has 0 spiro atoms. The zero-order valence-electron chi connectivity index (χ0n) is 9.42.